The van der Waals surface area contributed by atoms with Crippen LogP contribution >= 0.6 is 0 Å². The summed E-state index contributed by atoms with van der Waals surface area (Å²) in [5, 5.41) is 2.89. The highest BCUT2D eigenvalue weighted by Crippen LogP contribution is 2.27. The van der Waals surface area contributed by atoms with Crippen molar-refractivity contribution in [2.24, 2.45) is 0 Å². The van der Waals surface area contributed by atoms with Gasteiger partial charge < -0.3 is 10.2 Å². The number of para-hydroxylation sites is 1. The minimum Gasteiger partial charge on any atom is -0.350 e. The maximum Gasteiger partial charge on any atom is 0.251 e. The first-order chi connectivity index (χ1) is 11.6. The molecule has 2 aromatic carbocycles. The minimum atomic E-state index is -0.106. The van der Waals surface area contributed by atoms with Crippen molar-refractivity contribution >= 4 is 17.5 Å². The molecule has 0 bridgehead atoms. The molecule has 0 spiro atoms. The molecule has 1 N–H and O–H groups in total. The summed E-state index contributed by atoms with van der Waals surface area (Å²) in [6.45, 7) is 5.18. The van der Waals surface area contributed by atoms with Gasteiger partial charge in [0, 0.05) is 24.3 Å². The number of rotatable bonds is 5. The number of anilines is 1. The Kier molecular flexibility index (Phi) is 4.65. The van der Waals surface area contributed by atoms with Crippen molar-refractivity contribution in [2.75, 3.05) is 18.0 Å². The van der Waals surface area contributed by atoms with E-state index < -0.39 is 0 Å². The van der Waals surface area contributed by atoms with Crippen molar-refractivity contribution in [3.8, 4) is 0 Å². The van der Waals surface area contributed by atoms with Crippen LogP contribution < -0.4 is 10.2 Å². The fraction of sp³-hybridized carbons (Fsp3) is 0.300. The second-order valence-corrected chi connectivity index (χ2v) is 6.38. The third-order valence-corrected chi connectivity index (χ3v) is 4.39. The SMILES string of the molecule is CC(C)c1ccc(C(=O)NCCN2C(=O)Cc3ccccc32)cc1. The smallest absolute Gasteiger partial charge is 0.251 e. The van der Waals surface area contributed by atoms with E-state index in [1.54, 1.807) is 4.90 Å². The van der Waals surface area contributed by atoms with Crippen LogP contribution in [0.15, 0.2) is 48.5 Å². The Morgan fingerprint density at radius 3 is 2.54 bits per heavy atom. The Bertz CT molecular complexity index is 750. The van der Waals surface area contributed by atoms with Crippen molar-refractivity contribution in [3.63, 3.8) is 0 Å². The third kappa shape index (κ3) is 3.32. The van der Waals surface area contributed by atoms with Gasteiger partial charge in [0.1, 0.15) is 0 Å². The number of nitrogens with one attached hydrogen (secondary N) is 1. The first-order valence-electron chi connectivity index (χ1n) is 8.32. The average molecular weight is 322 g/mol. The Balaban J connectivity index is 1.56. The molecule has 0 saturated carbocycles. The summed E-state index contributed by atoms with van der Waals surface area (Å²) in [7, 11) is 0. The van der Waals surface area contributed by atoms with Gasteiger partial charge in [0.05, 0.1) is 6.42 Å². The van der Waals surface area contributed by atoms with E-state index >= 15 is 0 Å². The Morgan fingerprint density at radius 2 is 1.83 bits per heavy atom. The topological polar surface area (TPSA) is 49.4 Å². The van der Waals surface area contributed by atoms with Gasteiger partial charge in [-0.2, -0.15) is 0 Å². The van der Waals surface area contributed by atoms with Crippen molar-refractivity contribution in [3.05, 3.63) is 65.2 Å². The molecule has 24 heavy (non-hydrogen) atoms. The standard InChI is InChI=1S/C20H22N2O2/c1-14(2)15-7-9-16(10-8-15)20(24)21-11-12-22-18-6-4-3-5-17(18)13-19(22)23/h3-10,14H,11-13H2,1-2H3,(H,21,24). The van der Waals surface area contributed by atoms with Gasteiger partial charge in [0.15, 0.2) is 0 Å². The molecule has 2 amide bonds. The monoisotopic (exact) mass is 322 g/mol. The zero-order chi connectivity index (χ0) is 17.1. The number of benzene rings is 2. The molecule has 124 valence electrons. The number of hydrogen-bond donors (Lipinski definition) is 1. The highest BCUT2D eigenvalue weighted by Gasteiger charge is 2.26. The van der Waals surface area contributed by atoms with Gasteiger partial charge in [0.25, 0.3) is 5.91 Å². The lowest BCUT2D eigenvalue weighted by Crippen LogP contribution is -2.36. The molecule has 4 heteroatoms. The number of nitrogens with zero attached hydrogens (tertiary/aromatic N) is 1. The molecule has 1 aliphatic heterocycles. The predicted molar refractivity (Wildman–Crippen MR) is 95.4 cm³/mol. The van der Waals surface area contributed by atoms with Crippen LogP contribution in [0.25, 0.3) is 0 Å². The van der Waals surface area contributed by atoms with E-state index in [-0.39, 0.29) is 11.8 Å². The largest absolute Gasteiger partial charge is 0.350 e. The zero-order valence-electron chi connectivity index (χ0n) is 14.1. The zero-order valence-corrected chi connectivity index (χ0v) is 14.1. The summed E-state index contributed by atoms with van der Waals surface area (Å²) < 4.78 is 0. The van der Waals surface area contributed by atoms with E-state index in [1.165, 1.54) is 5.56 Å². The van der Waals surface area contributed by atoms with E-state index in [0.717, 1.165) is 11.3 Å². The summed E-state index contributed by atoms with van der Waals surface area (Å²) in [5.41, 5.74) is 3.87. The molecule has 0 radical (unpaired) electrons. The summed E-state index contributed by atoms with van der Waals surface area (Å²) >= 11 is 0. The van der Waals surface area contributed by atoms with Crippen molar-refractivity contribution in [1.29, 1.82) is 0 Å². The summed E-state index contributed by atoms with van der Waals surface area (Å²) in [5.74, 6) is 0.431. The first kappa shape index (κ1) is 16.2. The fourth-order valence-corrected chi connectivity index (χ4v) is 2.96. The second-order valence-electron chi connectivity index (χ2n) is 6.38. The fourth-order valence-electron chi connectivity index (χ4n) is 2.96. The van der Waals surface area contributed by atoms with Crippen LogP contribution in [0, 0.1) is 0 Å². The molecule has 4 nitrogen and oxygen atoms in total. The number of carbonyl (C=O) groups excluding carboxylic acids is 2. The average Bonchev–Trinajstić information content (AvgIpc) is 2.90. The van der Waals surface area contributed by atoms with Crippen molar-refractivity contribution < 1.29 is 9.59 Å². The maximum absolute atomic E-state index is 12.2. The molecule has 0 atom stereocenters. The molecule has 1 heterocycles. The molecule has 0 saturated heterocycles. The van der Waals surface area contributed by atoms with Gasteiger partial charge in [-0.05, 0) is 35.2 Å². The third-order valence-electron chi connectivity index (χ3n) is 4.39. The highest BCUT2D eigenvalue weighted by molar-refractivity contribution is 6.01. The van der Waals surface area contributed by atoms with Crippen LogP contribution in [-0.2, 0) is 11.2 Å². The highest BCUT2D eigenvalue weighted by atomic mass is 16.2. The van der Waals surface area contributed by atoms with Gasteiger partial charge >= 0.3 is 0 Å². The minimum absolute atomic E-state index is 0.0896. The van der Waals surface area contributed by atoms with Crippen LogP contribution in [0.4, 0.5) is 5.69 Å². The van der Waals surface area contributed by atoms with E-state index in [2.05, 4.69) is 19.2 Å². The van der Waals surface area contributed by atoms with Crippen LogP contribution in [0.2, 0.25) is 0 Å². The van der Waals surface area contributed by atoms with Crippen LogP contribution in [0.5, 0.6) is 0 Å². The van der Waals surface area contributed by atoms with Crippen molar-refractivity contribution in [2.45, 2.75) is 26.2 Å². The normalized spacial score (nSPS) is 13.3. The van der Waals surface area contributed by atoms with Gasteiger partial charge in [-0.1, -0.05) is 44.2 Å². The van der Waals surface area contributed by atoms with E-state index in [0.29, 0.717) is 31.0 Å². The quantitative estimate of drug-likeness (QED) is 0.919. The lowest BCUT2D eigenvalue weighted by atomic mass is 10.0. The molecule has 0 unspecified atom stereocenters. The van der Waals surface area contributed by atoms with Gasteiger partial charge in [-0.3, -0.25) is 9.59 Å². The lowest BCUT2D eigenvalue weighted by Gasteiger charge is -2.17. The summed E-state index contributed by atoms with van der Waals surface area (Å²) in [6, 6.07) is 15.5. The molecular weight excluding hydrogens is 300 g/mol. The van der Waals surface area contributed by atoms with E-state index in [4.69, 9.17) is 0 Å². The number of hydrogen-bond acceptors (Lipinski definition) is 2. The molecule has 0 aromatic heterocycles. The molecule has 1 aliphatic rings. The lowest BCUT2D eigenvalue weighted by molar-refractivity contribution is -0.117. The van der Waals surface area contributed by atoms with E-state index in [9.17, 15) is 9.59 Å². The molecular formula is C20H22N2O2. The van der Waals surface area contributed by atoms with Crippen LogP contribution in [0.3, 0.4) is 0 Å². The Morgan fingerprint density at radius 1 is 1.12 bits per heavy atom. The van der Waals surface area contributed by atoms with Crippen LogP contribution in [0.1, 0.15) is 41.3 Å². The van der Waals surface area contributed by atoms with Gasteiger partial charge in [-0.25, -0.2) is 0 Å². The molecule has 0 aliphatic carbocycles. The number of carbonyl (C=O) groups is 2. The molecule has 0 fully saturated rings. The summed E-state index contributed by atoms with van der Waals surface area (Å²) in [4.78, 5) is 26.1. The van der Waals surface area contributed by atoms with Gasteiger partial charge in [-0.15, -0.1) is 0 Å². The molecule has 2 aromatic rings. The Labute approximate surface area is 142 Å². The second kappa shape index (κ2) is 6.87. The molecule has 3 rings (SSSR count). The maximum atomic E-state index is 12.2. The van der Waals surface area contributed by atoms with E-state index in [1.807, 2.05) is 48.5 Å². The summed E-state index contributed by atoms with van der Waals surface area (Å²) in [6.07, 6.45) is 0.445. The predicted octanol–water partition coefficient (Wildman–Crippen LogP) is 3.13. The van der Waals surface area contributed by atoms with Gasteiger partial charge in [0.2, 0.25) is 5.91 Å². The van der Waals surface area contributed by atoms with Crippen LogP contribution in [-0.4, -0.2) is 24.9 Å². The van der Waals surface area contributed by atoms with Crippen molar-refractivity contribution in [1.82, 2.24) is 5.32 Å². The number of fused-ring (bicyclic) bond motifs is 1. The number of amides is 2. The Hall–Kier alpha value is -2.62. The first-order valence-corrected chi connectivity index (χ1v) is 8.32.